The van der Waals surface area contributed by atoms with Crippen molar-refractivity contribution in [1.29, 1.82) is 0 Å². The van der Waals surface area contributed by atoms with Gasteiger partial charge in [0.1, 0.15) is 23.3 Å². The molecular formula is C21H28N6O4S. The summed E-state index contributed by atoms with van der Waals surface area (Å²) in [5.74, 6) is 0.702. The molecule has 2 aliphatic rings. The molecule has 3 heterocycles. The third-order valence-electron chi connectivity index (χ3n) is 5.70. The third kappa shape index (κ3) is 4.19. The zero-order valence-electron chi connectivity index (χ0n) is 18.5. The van der Waals surface area contributed by atoms with Crippen molar-refractivity contribution in [3.63, 3.8) is 0 Å². The fraction of sp³-hybridized carbons (Fsp3) is 0.524. The van der Waals surface area contributed by atoms with Crippen LogP contribution in [0.4, 0.5) is 5.69 Å². The zero-order valence-corrected chi connectivity index (χ0v) is 19.4. The Labute approximate surface area is 187 Å². The van der Waals surface area contributed by atoms with Crippen LogP contribution < -0.4 is 10.3 Å². The average Bonchev–Trinajstić information content (AvgIpc) is 3.18. The lowest BCUT2D eigenvalue weighted by molar-refractivity contribution is 0.222. The lowest BCUT2D eigenvalue weighted by Crippen LogP contribution is -2.47. The van der Waals surface area contributed by atoms with Gasteiger partial charge in [-0.25, -0.2) is 13.4 Å². The summed E-state index contributed by atoms with van der Waals surface area (Å²) in [5.41, 5.74) is 0.748. The van der Waals surface area contributed by atoms with Gasteiger partial charge in [0.2, 0.25) is 10.0 Å². The van der Waals surface area contributed by atoms with Gasteiger partial charge in [0.05, 0.1) is 17.1 Å². The van der Waals surface area contributed by atoms with E-state index in [-0.39, 0.29) is 22.4 Å². The Morgan fingerprint density at radius 2 is 1.94 bits per heavy atom. The van der Waals surface area contributed by atoms with Gasteiger partial charge in [0.15, 0.2) is 5.69 Å². The fourth-order valence-electron chi connectivity index (χ4n) is 3.90. The largest absolute Gasteiger partial charge is 0.493 e. The summed E-state index contributed by atoms with van der Waals surface area (Å²) in [4.78, 5) is 22.3. The number of piperazine rings is 1. The summed E-state index contributed by atoms with van der Waals surface area (Å²) >= 11 is 0. The van der Waals surface area contributed by atoms with Crippen molar-refractivity contribution in [3.8, 4) is 17.1 Å². The number of azo groups is 1. The summed E-state index contributed by atoms with van der Waals surface area (Å²) in [6.45, 7) is 6.46. The highest BCUT2D eigenvalue weighted by atomic mass is 32.2. The van der Waals surface area contributed by atoms with Crippen LogP contribution >= 0.6 is 0 Å². The molecular weight excluding hydrogens is 432 g/mol. The Bertz CT molecular complexity index is 1190. The van der Waals surface area contributed by atoms with Crippen molar-refractivity contribution in [2.75, 3.05) is 39.8 Å². The van der Waals surface area contributed by atoms with Crippen molar-refractivity contribution < 1.29 is 13.2 Å². The molecule has 10 nitrogen and oxygen atoms in total. The van der Waals surface area contributed by atoms with Gasteiger partial charge in [-0.15, -0.1) is 5.11 Å². The number of sulfonamides is 1. The van der Waals surface area contributed by atoms with Crippen LogP contribution in [-0.4, -0.2) is 67.4 Å². The smallest absolute Gasteiger partial charge is 0.279 e. The van der Waals surface area contributed by atoms with E-state index < -0.39 is 15.6 Å². The molecule has 1 aromatic heterocycles. The van der Waals surface area contributed by atoms with Crippen molar-refractivity contribution in [2.24, 2.45) is 10.2 Å². The molecule has 4 rings (SSSR count). The molecule has 0 amide bonds. The predicted molar refractivity (Wildman–Crippen MR) is 120 cm³/mol. The van der Waals surface area contributed by atoms with Crippen molar-refractivity contribution in [1.82, 2.24) is 19.2 Å². The van der Waals surface area contributed by atoms with E-state index in [0.717, 1.165) is 12.8 Å². The molecule has 0 saturated carbocycles. The van der Waals surface area contributed by atoms with Crippen LogP contribution in [0, 0.1) is 0 Å². The molecule has 11 heteroatoms. The summed E-state index contributed by atoms with van der Waals surface area (Å²) in [5, 5.41) is 8.17. The first-order chi connectivity index (χ1) is 15.3. The van der Waals surface area contributed by atoms with E-state index in [2.05, 4.69) is 25.1 Å². The maximum Gasteiger partial charge on any atom is 0.279 e. The van der Waals surface area contributed by atoms with E-state index in [9.17, 15) is 13.2 Å². The second-order valence-corrected chi connectivity index (χ2v) is 9.90. The van der Waals surface area contributed by atoms with Gasteiger partial charge in [0, 0.05) is 26.2 Å². The molecule has 1 fully saturated rings. The van der Waals surface area contributed by atoms with Crippen LogP contribution in [0.5, 0.6) is 5.75 Å². The number of nitrogens with zero attached hydrogens (tertiary/aromatic N) is 5. The second-order valence-electron chi connectivity index (χ2n) is 7.97. The molecule has 1 aromatic carbocycles. The van der Waals surface area contributed by atoms with E-state index >= 15 is 0 Å². The highest BCUT2D eigenvalue weighted by Crippen LogP contribution is 2.37. The molecule has 2 aromatic rings. The van der Waals surface area contributed by atoms with E-state index in [1.54, 1.807) is 6.07 Å². The average molecular weight is 461 g/mol. The molecule has 1 N–H and O–H groups in total. The van der Waals surface area contributed by atoms with E-state index in [1.165, 1.54) is 16.4 Å². The summed E-state index contributed by atoms with van der Waals surface area (Å²) in [7, 11) is -1.72. The highest BCUT2D eigenvalue weighted by molar-refractivity contribution is 7.89. The molecule has 1 saturated heterocycles. The first kappa shape index (κ1) is 22.6. The number of H-pyrrole nitrogens is 1. The number of hydrogen-bond acceptors (Lipinski definition) is 8. The molecule has 32 heavy (non-hydrogen) atoms. The van der Waals surface area contributed by atoms with Crippen LogP contribution in [0.1, 0.15) is 38.4 Å². The Morgan fingerprint density at radius 1 is 1.19 bits per heavy atom. The van der Waals surface area contributed by atoms with E-state index in [4.69, 9.17) is 4.74 Å². The van der Waals surface area contributed by atoms with E-state index in [0.29, 0.717) is 49.8 Å². The fourth-order valence-corrected chi connectivity index (χ4v) is 5.35. The number of benzene rings is 1. The predicted octanol–water partition coefficient (Wildman–Crippen LogP) is 2.71. The minimum atomic E-state index is -3.69. The van der Waals surface area contributed by atoms with Crippen molar-refractivity contribution in [2.45, 2.75) is 37.6 Å². The number of rotatable bonds is 7. The van der Waals surface area contributed by atoms with Gasteiger partial charge in [-0.2, -0.15) is 9.42 Å². The maximum atomic E-state index is 13.3. The van der Waals surface area contributed by atoms with Gasteiger partial charge in [-0.3, -0.25) is 4.79 Å². The van der Waals surface area contributed by atoms with Gasteiger partial charge < -0.3 is 14.6 Å². The van der Waals surface area contributed by atoms with Crippen molar-refractivity contribution in [3.05, 3.63) is 34.2 Å². The van der Waals surface area contributed by atoms with Crippen LogP contribution in [0.15, 0.2) is 38.1 Å². The maximum absolute atomic E-state index is 13.3. The van der Waals surface area contributed by atoms with Gasteiger partial charge in [0.25, 0.3) is 5.56 Å². The Morgan fingerprint density at radius 3 is 2.62 bits per heavy atom. The summed E-state index contributed by atoms with van der Waals surface area (Å²) in [6, 6.07) is 4.41. The number of ether oxygens (including phenoxy) is 1. The molecule has 1 atom stereocenters. The third-order valence-corrected chi connectivity index (χ3v) is 7.60. The highest BCUT2D eigenvalue weighted by Gasteiger charge is 2.30. The number of fused-ring (bicyclic) bond motifs is 1. The van der Waals surface area contributed by atoms with Crippen LogP contribution in [0.3, 0.4) is 0 Å². The topological polar surface area (TPSA) is 120 Å². The Kier molecular flexibility index (Phi) is 6.40. The number of nitrogens with one attached hydrogen (secondary N) is 1. The standard InChI is InChI=1S/C21H28N6O4S/c1-4-6-16-18-19(25-24-16)21(28)23-20(22-18)15-13-14(7-8-17(15)31-5-2)32(29,30)27-11-9-26(3)10-12-27/h7-8,13,16H,4-6,9-12H2,1-3H3,(H,22,23,28). The summed E-state index contributed by atoms with van der Waals surface area (Å²) in [6.07, 6.45) is 1.60. The zero-order chi connectivity index (χ0) is 22.9. The van der Waals surface area contributed by atoms with Crippen molar-refractivity contribution >= 4 is 15.7 Å². The lowest BCUT2D eigenvalue weighted by atomic mass is 10.1. The molecule has 1 unspecified atom stereocenters. The molecule has 0 bridgehead atoms. The normalized spacial score (nSPS) is 19.3. The molecule has 0 aliphatic carbocycles. The van der Waals surface area contributed by atoms with Gasteiger partial charge in [-0.1, -0.05) is 13.3 Å². The number of aromatic amines is 1. The first-order valence-electron chi connectivity index (χ1n) is 10.9. The van der Waals surface area contributed by atoms with E-state index in [1.807, 2.05) is 20.9 Å². The number of aromatic nitrogens is 2. The molecule has 0 radical (unpaired) electrons. The summed E-state index contributed by atoms with van der Waals surface area (Å²) < 4.78 is 33.8. The first-order valence-corrected chi connectivity index (χ1v) is 12.3. The van der Waals surface area contributed by atoms with Gasteiger partial charge in [-0.05, 0) is 38.6 Å². The molecule has 2 aliphatic heterocycles. The number of hydrogen-bond donors (Lipinski definition) is 1. The minimum Gasteiger partial charge on any atom is -0.493 e. The minimum absolute atomic E-state index is 0.142. The second kappa shape index (κ2) is 9.08. The van der Waals surface area contributed by atoms with Crippen LogP contribution in [0.25, 0.3) is 11.4 Å². The quantitative estimate of drug-likeness (QED) is 0.678. The van der Waals surface area contributed by atoms with Gasteiger partial charge >= 0.3 is 0 Å². The lowest BCUT2D eigenvalue weighted by Gasteiger charge is -2.31. The monoisotopic (exact) mass is 460 g/mol. The SMILES string of the molecule is CCCC1N=Nc2c1nc(-c1cc(S(=O)(=O)N3CCN(C)CC3)ccc1OCC)[nH]c2=O. The Balaban J connectivity index is 1.78. The number of likely N-dealkylation sites (N-methyl/N-ethyl adjacent to an activating group) is 1. The molecule has 0 spiro atoms. The Hall–Kier alpha value is -2.63. The molecule has 172 valence electrons. The van der Waals surface area contributed by atoms with Crippen LogP contribution in [-0.2, 0) is 10.0 Å². The van der Waals surface area contributed by atoms with Crippen LogP contribution in [0.2, 0.25) is 0 Å².